The van der Waals surface area contributed by atoms with E-state index in [1.54, 1.807) is 38.6 Å². The van der Waals surface area contributed by atoms with Gasteiger partial charge >= 0.3 is 0 Å². The first kappa shape index (κ1) is 19.9. The molecule has 144 valence electrons. The number of para-hydroxylation sites is 2. The van der Waals surface area contributed by atoms with E-state index in [-0.39, 0.29) is 16.4 Å². The molecular formula is C22H22N2O3S. The second kappa shape index (κ2) is 8.44. The van der Waals surface area contributed by atoms with E-state index in [0.29, 0.717) is 17.0 Å². The topological polar surface area (TPSA) is 61.2 Å². The van der Waals surface area contributed by atoms with Crippen molar-refractivity contribution in [1.82, 2.24) is 9.55 Å². The molecule has 1 heterocycles. The van der Waals surface area contributed by atoms with Crippen molar-refractivity contribution >= 4 is 17.5 Å². The summed E-state index contributed by atoms with van der Waals surface area (Å²) in [6.07, 6.45) is 3.16. The van der Waals surface area contributed by atoms with Crippen LogP contribution in [0.3, 0.4) is 0 Å². The molecule has 0 amide bonds. The summed E-state index contributed by atoms with van der Waals surface area (Å²) in [7, 11) is 1.56. The maximum absolute atomic E-state index is 12.9. The van der Waals surface area contributed by atoms with E-state index in [9.17, 15) is 9.59 Å². The molecule has 1 atom stereocenters. The molecule has 28 heavy (non-hydrogen) atoms. The lowest BCUT2D eigenvalue weighted by Gasteiger charge is -2.13. The number of aryl methyl sites for hydroxylation is 2. The maximum atomic E-state index is 12.9. The molecule has 3 rings (SSSR count). The number of thioether (sulfide) groups is 1. The smallest absolute Gasteiger partial charge is 0.287 e. The van der Waals surface area contributed by atoms with Gasteiger partial charge in [0.15, 0.2) is 10.8 Å². The fraction of sp³-hybridized carbons (Fsp3) is 0.227. The Morgan fingerprint density at radius 3 is 2.61 bits per heavy atom. The van der Waals surface area contributed by atoms with Gasteiger partial charge in [0, 0.05) is 18.0 Å². The summed E-state index contributed by atoms with van der Waals surface area (Å²) in [4.78, 5) is 29.9. The number of ketones is 1. The van der Waals surface area contributed by atoms with Gasteiger partial charge in [-0.25, -0.2) is 4.98 Å². The predicted molar refractivity (Wildman–Crippen MR) is 112 cm³/mol. The minimum absolute atomic E-state index is 0.0259. The number of ether oxygens (including phenoxy) is 1. The van der Waals surface area contributed by atoms with Crippen molar-refractivity contribution in [1.29, 1.82) is 0 Å². The van der Waals surface area contributed by atoms with Crippen LogP contribution in [0.25, 0.3) is 5.69 Å². The Morgan fingerprint density at radius 1 is 1.14 bits per heavy atom. The fourth-order valence-electron chi connectivity index (χ4n) is 2.84. The lowest BCUT2D eigenvalue weighted by molar-refractivity contribution is 0.0994. The molecule has 0 saturated heterocycles. The Hall–Kier alpha value is -2.86. The van der Waals surface area contributed by atoms with Crippen molar-refractivity contribution in [2.45, 2.75) is 31.0 Å². The van der Waals surface area contributed by atoms with E-state index in [0.717, 1.165) is 11.1 Å². The largest absolute Gasteiger partial charge is 0.495 e. The van der Waals surface area contributed by atoms with Crippen molar-refractivity contribution in [2.24, 2.45) is 0 Å². The number of nitrogens with zero attached hydrogens (tertiary/aromatic N) is 2. The third-order valence-electron chi connectivity index (χ3n) is 4.60. The van der Waals surface area contributed by atoms with Crippen LogP contribution in [0.5, 0.6) is 5.75 Å². The highest BCUT2D eigenvalue weighted by atomic mass is 32.2. The summed E-state index contributed by atoms with van der Waals surface area (Å²) >= 11 is 1.17. The minimum Gasteiger partial charge on any atom is -0.495 e. The van der Waals surface area contributed by atoms with Crippen molar-refractivity contribution in [2.75, 3.05) is 7.11 Å². The van der Waals surface area contributed by atoms with Crippen LogP contribution in [0.15, 0.2) is 64.7 Å². The number of Topliss-reactive ketones (excluding diaryl/α,β-unsaturated/α-hetero) is 1. The van der Waals surface area contributed by atoms with Gasteiger partial charge in [-0.3, -0.25) is 14.2 Å². The zero-order valence-corrected chi connectivity index (χ0v) is 17.1. The summed E-state index contributed by atoms with van der Waals surface area (Å²) < 4.78 is 6.84. The first-order valence-electron chi connectivity index (χ1n) is 8.91. The van der Waals surface area contributed by atoms with Crippen LogP contribution in [-0.2, 0) is 0 Å². The van der Waals surface area contributed by atoms with E-state index >= 15 is 0 Å². The zero-order valence-electron chi connectivity index (χ0n) is 16.3. The Morgan fingerprint density at radius 2 is 1.89 bits per heavy atom. The highest BCUT2D eigenvalue weighted by molar-refractivity contribution is 8.00. The van der Waals surface area contributed by atoms with Crippen molar-refractivity contribution in [3.8, 4) is 11.4 Å². The van der Waals surface area contributed by atoms with Crippen molar-refractivity contribution in [3.63, 3.8) is 0 Å². The number of methoxy groups -OCH3 is 1. The lowest BCUT2D eigenvalue weighted by atomic mass is 10.0. The number of hydrogen-bond donors (Lipinski definition) is 0. The Balaban J connectivity index is 1.89. The third-order valence-corrected chi connectivity index (χ3v) is 5.67. The van der Waals surface area contributed by atoms with Gasteiger partial charge in [0.2, 0.25) is 0 Å². The zero-order chi connectivity index (χ0) is 20.3. The number of rotatable bonds is 6. The number of hydrogen-bond acceptors (Lipinski definition) is 5. The molecule has 0 radical (unpaired) electrons. The van der Waals surface area contributed by atoms with Crippen molar-refractivity contribution in [3.05, 3.63) is 81.9 Å². The molecule has 1 aromatic heterocycles. The lowest BCUT2D eigenvalue weighted by Crippen LogP contribution is -2.23. The Bertz CT molecular complexity index is 1080. The van der Waals surface area contributed by atoms with E-state index in [2.05, 4.69) is 4.98 Å². The third kappa shape index (κ3) is 4.02. The molecule has 0 bridgehead atoms. The molecule has 0 fully saturated rings. The maximum Gasteiger partial charge on any atom is 0.287 e. The SMILES string of the molecule is COc1ccccc1-n1ccnc(SC(C)C(=O)c2ccc(C)c(C)c2)c1=O. The van der Waals surface area contributed by atoms with Gasteiger partial charge < -0.3 is 4.74 Å². The summed E-state index contributed by atoms with van der Waals surface area (Å²) in [6, 6.07) is 12.9. The quantitative estimate of drug-likeness (QED) is 0.463. The number of benzene rings is 2. The summed E-state index contributed by atoms with van der Waals surface area (Å²) in [5.41, 5.74) is 3.20. The summed E-state index contributed by atoms with van der Waals surface area (Å²) in [5.74, 6) is 0.563. The second-order valence-electron chi connectivity index (χ2n) is 6.50. The second-order valence-corrected chi connectivity index (χ2v) is 7.83. The van der Waals surface area contributed by atoms with Crippen LogP contribution < -0.4 is 10.3 Å². The molecule has 0 aliphatic rings. The van der Waals surface area contributed by atoms with E-state index in [4.69, 9.17) is 4.74 Å². The Kier molecular flexibility index (Phi) is 5.99. The van der Waals surface area contributed by atoms with E-state index in [1.165, 1.54) is 16.3 Å². The first-order chi connectivity index (χ1) is 13.4. The molecule has 0 aliphatic carbocycles. The van der Waals surface area contributed by atoms with Gasteiger partial charge in [0.05, 0.1) is 18.0 Å². The molecule has 0 saturated carbocycles. The molecule has 1 unspecified atom stereocenters. The molecule has 3 aromatic rings. The molecule has 0 aliphatic heterocycles. The predicted octanol–water partition coefficient (Wildman–Crippen LogP) is 4.22. The highest BCUT2D eigenvalue weighted by Gasteiger charge is 2.20. The molecule has 6 heteroatoms. The van der Waals surface area contributed by atoms with Crippen LogP contribution in [0.1, 0.15) is 28.4 Å². The van der Waals surface area contributed by atoms with Crippen molar-refractivity contribution < 1.29 is 9.53 Å². The number of carbonyl (C=O) groups excluding carboxylic acids is 1. The van der Waals surface area contributed by atoms with Gasteiger partial charge in [-0.2, -0.15) is 0 Å². The van der Waals surface area contributed by atoms with Crippen LogP contribution in [0, 0.1) is 13.8 Å². The van der Waals surface area contributed by atoms with Gasteiger partial charge in [0.1, 0.15) is 5.75 Å². The first-order valence-corrected chi connectivity index (χ1v) is 9.79. The summed E-state index contributed by atoms with van der Waals surface area (Å²) in [6.45, 7) is 5.79. The fourth-order valence-corrected chi connectivity index (χ4v) is 3.74. The van der Waals surface area contributed by atoms with Crippen LogP contribution >= 0.6 is 11.8 Å². The van der Waals surface area contributed by atoms with Gasteiger partial charge in [-0.1, -0.05) is 36.0 Å². The molecule has 0 spiro atoms. The van der Waals surface area contributed by atoms with Crippen LogP contribution in [0.2, 0.25) is 0 Å². The molecule has 5 nitrogen and oxygen atoms in total. The molecule has 2 aromatic carbocycles. The standard InChI is InChI=1S/C22H22N2O3S/c1-14-9-10-17(13-15(14)2)20(25)16(3)28-21-22(26)24(12-11-23-21)18-7-5-6-8-19(18)27-4/h5-13,16H,1-4H3. The van der Waals surface area contributed by atoms with Gasteiger partial charge in [0.25, 0.3) is 5.56 Å². The van der Waals surface area contributed by atoms with Crippen LogP contribution in [0.4, 0.5) is 0 Å². The Labute approximate surface area is 168 Å². The molecule has 0 N–H and O–H groups in total. The average molecular weight is 394 g/mol. The minimum atomic E-state index is -0.434. The van der Waals surface area contributed by atoms with Crippen LogP contribution in [-0.4, -0.2) is 27.7 Å². The summed E-state index contributed by atoms with van der Waals surface area (Å²) in [5, 5.41) is -0.158. The molecular weight excluding hydrogens is 372 g/mol. The van der Waals surface area contributed by atoms with E-state index < -0.39 is 5.25 Å². The highest BCUT2D eigenvalue weighted by Crippen LogP contribution is 2.24. The average Bonchev–Trinajstić information content (AvgIpc) is 2.71. The van der Waals surface area contributed by atoms with E-state index in [1.807, 2.05) is 44.2 Å². The number of carbonyl (C=O) groups is 1. The van der Waals surface area contributed by atoms with Gasteiger partial charge in [-0.15, -0.1) is 0 Å². The number of aromatic nitrogens is 2. The monoisotopic (exact) mass is 394 g/mol. The normalized spacial score (nSPS) is 11.9. The van der Waals surface area contributed by atoms with Gasteiger partial charge in [-0.05, 0) is 50.1 Å².